The summed E-state index contributed by atoms with van der Waals surface area (Å²) < 4.78 is 1.48. The molecule has 0 atom stereocenters. The summed E-state index contributed by atoms with van der Waals surface area (Å²) in [5.41, 5.74) is 0.677. The molecule has 3 amide bonds. The molecule has 0 unspecified atom stereocenters. The number of piperazine rings is 1. The summed E-state index contributed by atoms with van der Waals surface area (Å²) >= 11 is 1.36. The number of carbonyl (C=O) groups is 2. The average molecular weight is 335 g/mol. The number of hydrogen-bond donors (Lipinski definition) is 1. The van der Waals surface area contributed by atoms with Gasteiger partial charge in [-0.05, 0) is 28.8 Å². The maximum absolute atomic E-state index is 12.7. The van der Waals surface area contributed by atoms with Gasteiger partial charge in [0.05, 0.1) is 5.69 Å². The number of carbonyl (C=O) groups excluding carboxylic acids is 2. The van der Waals surface area contributed by atoms with E-state index in [1.165, 1.54) is 22.3 Å². The number of urea groups is 1. The first kappa shape index (κ1) is 15.4. The Labute approximate surface area is 136 Å². The maximum Gasteiger partial charge on any atom is 0.317 e. The van der Waals surface area contributed by atoms with Crippen LogP contribution in [0, 0.1) is 0 Å². The predicted molar refractivity (Wildman–Crippen MR) is 83.6 cm³/mol. The number of hydrogen-bond acceptors (Lipinski definition) is 6. The number of nitrogens with zero attached hydrogens (tertiary/aromatic N) is 6. The Balaban J connectivity index is 1.67. The smallest absolute Gasteiger partial charge is 0.317 e. The van der Waals surface area contributed by atoms with E-state index in [4.69, 9.17) is 0 Å². The van der Waals surface area contributed by atoms with Crippen molar-refractivity contribution in [2.45, 2.75) is 6.92 Å². The van der Waals surface area contributed by atoms with Crippen molar-refractivity contribution in [3.63, 3.8) is 0 Å². The minimum Gasteiger partial charge on any atom is -0.338 e. The molecule has 0 saturated carbocycles. The first-order valence-electron chi connectivity index (χ1n) is 7.33. The molecule has 23 heavy (non-hydrogen) atoms. The SMILES string of the molecule is CCNC(=O)N1CCN(C(=O)c2sccc2-n2cnnn2)CC1. The summed E-state index contributed by atoms with van der Waals surface area (Å²) in [5, 5.41) is 15.6. The molecule has 0 aromatic carbocycles. The first-order chi connectivity index (χ1) is 11.2. The van der Waals surface area contributed by atoms with Crippen LogP contribution in [0.2, 0.25) is 0 Å². The van der Waals surface area contributed by atoms with Crippen molar-refractivity contribution in [2.24, 2.45) is 0 Å². The van der Waals surface area contributed by atoms with Crippen LogP contribution in [0.1, 0.15) is 16.6 Å². The Kier molecular flexibility index (Phi) is 4.51. The second-order valence-electron chi connectivity index (χ2n) is 5.00. The molecule has 9 nitrogen and oxygen atoms in total. The van der Waals surface area contributed by atoms with Crippen LogP contribution in [-0.2, 0) is 0 Å². The van der Waals surface area contributed by atoms with Gasteiger partial charge in [0.25, 0.3) is 5.91 Å². The van der Waals surface area contributed by atoms with E-state index >= 15 is 0 Å². The Morgan fingerprint density at radius 2 is 2.00 bits per heavy atom. The van der Waals surface area contributed by atoms with Crippen LogP contribution < -0.4 is 5.32 Å². The van der Waals surface area contributed by atoms with Gasteiger partial charge in [0.15, 0.2) is 0 Å². The fourth-order valence-corrected chi connectivity index (χ4v) is 3.28. The van der Waals surface area contributed by atoms with Crippen LogP contribution in [0.5, 0.6) is 0 Å². The van der Waals surface area contributed by atoms with Gasteiger partial charge >= 0.3 is 6.03 Å². The third-order valence-corrected chi connectivity index (χ3v) is 4.51. The molecular formula is C13H17N7O2S. The summed E-state index contributed by atoms with van der Waals surface area (Å²) in [4.78, 5) is 28.6. The molecule has 3 heterocycles. The Morgan fingerprint density at radius 3 is 2.65 bits per heavy atom. The zero-order valence-corrected chi connectivity index (χ0v) is 13.5. The molecule has 0 aliphatic carbocycles. The van der Waals surface area contributed by atoms with Crippen LogP contribution in [0.25, 0.3) is 5.69 Å². The van der Waals surface area contributed by atoms with Crippen LogP contribution in [-0.4, -0.2) is 74.7 Å². The molecule has 1 N–H and O–H groups in total. The molecule has 1 fully saturated rings. The summed E-state index contributed by atoms with van der Waals surface area (Å²) in [6.07, 6.45) is 1.46. The third kappa shape index (κ3) is 3.16. The molecule has 0 spiro atoms. The molecule has 1 saturated heterocycles. The summed E-state index contributed by atoms with van der Waals surface area (Å²) in [6.45, 7) is 4.58. The number of nitrogens with one attached hydrogen (secondary N) is 1. The lowest BCUT2D eigenvalue weighted by atomic mass is 10.3. The zero-order chi connectivity index (χ0) is 16.2. The van der Waals surface area contributed by atoms with E-state index in [1.54, 1.807) is 9.80 Å². The van der Waals surface area contributed by atoms with Gasteiger partial charge in [0, 0.05) is 32.7 Å². The Hall–Kier alpha value is -2.49. The van der Waals surface area contributed by atoms with Crippen LogP contribution in [0.3, 0.4) is 0 Å². The van der Waals surface area contributed by atoms with Gasteiger partial charge in [0.2, 0.25) is 0 Å². The van der Waals surface area contributed by atoms with Crippen LogP contribution in [0.4, 0.5) is 4.79 Å². The lowest BCUT2D eigenvalue weighted by Crippen LogP contribution is -2.53. The van der Waals surface area contributed by atoms with Crippen molar-refractivity contribution in [3.8, 4) is 5.69 Å². The van der Waals surface area contributed by atoms with Crippen molar-refractivity contribution >= 4 is 23.3 Å². The Morgan fingerprint density at radius 1 is 1.26 bits per heavy atom. The molecule has 10 heteroatoms. The predicted octanol–water partition coefficient (Wildman–Crippen LogP) is 0.211. The normalized spacial score (nSPS) is 14.8. The average Bonchev–Trinajstić information content (AvgIpc) is 3.25. The highest BCUT2D eigenvalue weighted by molar-refractivity contribution is 7.12. The van der Waals surface area contributed by atoms with Crippen molar-refractivity contribution in [1.82, 2.24) is 35.3 Å². The van der Waals surface area contributed by atoms with E-state index in [0.29, 0.717) is 43.3 Å². The molecule has 0 radical (unpaired) electrons. The Bertz CT molecular complexity index is 676. The number of amides is 3. The molecule has 0 bridgehead atoms. The summed E-state index contributed by atoms with van der Waals surface area (Å²) in [7, 11) is 0. The number of rotatable bonds is 3. The minimum absolute atomic E-state index is 0.0546. The molecular weight excluding hydrogens is 318 g/mol. The highest BCUT2D eigenvalue weighted by Gasteiger charge is 2.27. The van der Waals surface area contributed by atoms with Gasteiger partial charge in [-0.3, -0.25) is 4.79 Å². The number of tetrazole rings is 1. The summed E-state index contributed by atoms with van der Waals surface area (Å²) in [6, 6.07) is 1.74. The standard InChI is InChI=1S/C13H17N7O2S/c1-2-14-13(22)19-6-4-18(5-7-19)12(21)11-10(3-8-23-11)20-9-15-16-17-20/h3,8-9H,2,4-7H2,1H3,(H,14,22). The third-order valence-electron chi connectivity index (χ3n) is 3.62. The van der Waals surface area contributed by atoms with E-state index in [1.807, 2.05) is 18.4 Å². The molecule has 1 aliphatic heterocycles. The van der Waals surface area contributed by atoms with Gasteiger partial charge in [-0.2, -0.15) is 4.68 Å². The molecule has 2 aromatic rings. The van der Waals surface area contributed by atoms with Gasteiger partial charge in [-0.25, -0.2) is 4.79 Å². The quantitative estimate of drug-likeness (QED) is 0.865. The van der Waals surface area contributed by atoms with E-state index in [0.717, 1.165) is 0 Å². The van der Waals surface area contributed by atoms with Crippen LogP contribution in [0.15, 0.2) is 17.8 Å². The topological polar surface area (TPSA) is 96.2 Å². The minimum atomic E-state index is -0.0786. The lowest BCUT2D eigenvalue weighted by Gasteiger charge is -2.34. The highest BCUT2D eigenvalue weighted by atomic mass is 32.1. The highest BCUT2D eigenvalue weighted by Crippen LogP contribution is 2.22. The molecule has 2 aromatic heterocycles. The molecule has 3 rings (SSSR count). The van der Waals surface area contributed by atoms with Gasteiger partial charge in [-0.15, -0.1) is 16.4 Å². The van der Waals surface area contributed by atoms with E-state index in [-0.39, 0.29) is 11.9 Å². The fraction of sp³-hybridized carbons (Fsp3) is 0.462. The van der Waals surface area contributed by atoms with Crippen molar-refractivity contribution in [2.75, 3.05) is 32.7 Å². The number of thiophene rings is 1. The van der Waals surface area contributed by atoms with E-state index in [2.05, 4.69) is 20.8 Å². The van der Waals surface area contributed by atoms with E-state index in [9.17, 15) is 9.59 Å². The zero-order valence-electron chi connectivity index (χ0n) is 12.7. The van der Waals surface area contributed by atoms with E-state index < -0.39 is 0 Å². The van der Waals surface area contributed by atoms with Crippen LogP contribution >= 0.6 is 11.3 Å². The van der Waals surface area contributed by atoms with Gasteiger partial charge < -0.3 is 15.1 Å². The monoisotopic (exact) mass is 335 g/mol. The maximum atomic E-state index is 12.7. The van der Waals surface area contributed by atoms with Crippen molar-refractivity contribution < 1.29 is 9.59 Å². The van der Waals surface area contributed by atoms with Gasteiger partial charge in [0.1, 0.15) is 11.2 Å². The number of aromatic nitrogens is 4. The second kappa shape index (κ2) is 6.73. The molecule has 122 valence electrons. The van der Waals surface area contributed by atoms with Crippen molar-refractivity contribution in [1.29, 1.82) is 0 Å². The second-order valence-corrected chi connectivity index (χ2v) is 5.92. The largest absolute Gasteiger partial charge is 0.338 e. The molecule has 1 aliphatic rings. The summed E-state index contributed by atoms with van der Waals surface area (Å²) in [5.74, 6) is -0.0546. The van der Waals surface area contributed by atoms with Gasteiger partial charge in [-0.1, -0.05) is 0 Å². The van der Waals surface area contributed by atoms with Crippen molar-refractivity contribution in [3.05, 3.63) is 22.7 Å². The first-order valence-corrected chi connectivity index (χ1v) is 8.21. The lowest BCUT2D eigenvalue weighted by molar-refractivity contribution is 0.0670. The fourth-order valence-electron chi connectivity index (χ4n) is 2.43.